The monoisotopic (exact) mass is 467 g/mol. The molecule has 168 valence electrons. The van der Waals surface area contributed by atoms with Crippen LogP contribution in [0.4, 0.5) is 10.1 Å². The molecular weight excluding hydrogens is 445 g/mol. The van der Waals surface area contributed by atoms with Crippen molar-refractivity contribution >= 4 is 23.4 Å². The average Bonchev–Trinajstić information content (AvgIpc) is 2.84. The maximum Gasteiger partial charge on any atom is 0.258 e. The van der Waals surface area contributed by atoms with Gasteiger partial charge in [-0.05, 0) is 48.7 Å². The topological polar surface area (TPSA) is 65.8 Å². The van der Waals surface area contributed by atoms with Crippen molar-refractivity contribution in [1.29, 1.82) is 5.26 Å². The zero-order valence-corrected chi connectivity index (χ0v) is 19.6. The number of pyridine rings is 1. The summed E-state index contributed by atoms with van der Waals surface area (Å²) in [6, 6.07) is 25.5. The summed E-state index contributed by atoms with van der Waals surface area (Å²) in [7, 11) is 0. The molecule has 4 nitrogen and oxygen atoms in total. The van der Waals surface area contributed by atoms with Crippen molar-refractivity contribution in [3.8, 4) is 17.2 Å². The number of nitrogens with zero attached hydrogens (tertiary/aromatic N) is 2. The fourth-order valence-electron chi connectivity index (χ4n) is 3.72. The lowest BCUT2D eigenvalue weighted by molar-refractivity contribution is 0.102. The normalized spacial score (nSPS) is 10.5. The highest BCUT2D eigenvalue weighted by molar-refractivity contribution is 7.98. The second-order valence-electron chi connectivity index (χ2n) is 7.79. The Morgan fingerprint density at radius 3 is 2.47 bits per heavy atom. The minimum Gasteiger partial charge on any atom is -0.322 e. The summed E-state index contributed by atoms with van der Waals surface area (Å²) in [5.74, 6) is -0.228. The van der Waals surface area contributed by atoms with Crippen molar-refractivity contribution in [1.82, 2.24) is 4.98 Å². The van der Waals surface area contributed by atoms with Gasteiger partial charge < -0.3 is 5.32 Å². The van der Waals surface area contributed by atoms with Crippen LogP contribution in [0.3, 0.4) is 0 Å². The molecular formula is C28H22FN3OS. The number of rotatable bonds is 6. The smallest absolute Gasteiger partial charge is 0.258 e. The van der Waals surface area contributed by atoms with Gasteiger partial charge in [-0.1, -0.05) is 60.7 Å². The van der Waals surface area contributed by atoms with Gasteiger partial charge in [-0.25, -0.2) is 9.37 Å². The molecule has 0 radical (unpaired) electrons. The largest absolute Gasteiger partial charge is 0.322 e. The highest BCUT2D eigenvalue weighted by Gasteiger charge is 2.25. The molecule has 6 heteroatoms. The molecule has 0 aliphatic rings. The van der Waals surface area contributed by atoms with Crippen molar-refractivity contribution < 1.29 is 9.18 Å². The van der Waals surface area contributed by atoms with Gasteiger partial charge in [0.15, 0.2) is 0 Å². The molecule has 34 heavy (non-hydrogen) atoms. The number of nitrogens with one attached hydrogen (secondary N) is 1. The highest BCUT2D eigenvalue weighted by Crippen LogP contribution is 2.36. The fraction of sp³-hybridized carbons (Fsp3) is 0.107. The molecule has 1 heterocycles. The summed E-state index contributed by atoms with van der Waals surface area (Å²) in [5, 5.41) is 13.6. The number of amides is 1. The quantitative estimate of drug-likeness (QED) is 0.313. The molecule has 0 aliphatic heterocycles. The third kappa shape index (κ3) is 5.00. The Bertz CT molecular complexity index is 1400. The van der Waals surface area contributed by atoms with E-state index in [1.54, 1.807) is 19.1 Å². The molecule has 0 atom stereocenters. The van der Waals surface area contributed by atoms with E-state index in [1.165, 1.54) is 23.9 Å². The van der Waals surface area contributed by atoms with Gasteiger partial charge in [0.1, 0.15) is 16.9 Å². The van der Waals surface area contributed by atoms with Crippen LogP contribution in [-0.4, -0.2) is 10.9 Å². The number of hydrogen-bond donors (Lipinski definition) is 1. The van der Waals surface area contributed by atoms with E-state index in [9.17, 15) is 14.4 Å². The number of aromatic nitrogens is 1. The van der Waals surface area contributed by atoms with Crippen LogP contribution in [0, 0.1) is 31.0 Å². The number of nitriles is 1. The van der Waals surface area contributed by atoms with E-state index in [-0.39, 0.29) is 11.1 Å². The Morgan fingerprint density at radius 1 is 1.03 bits per heavy atom. The number of thioether (sulfide) groups is 1. The fourth-order valence-corrected chi connectivity index (χ4v) is 4.71. The van der Waals surface area contributed by atoms with Gasteiger partial charge >= 0.3 is 0 Å². The number of carbonyl (C=O) groups is 1. The Morgan fingerprint density at radius 2 is 1.76 bits per heavy atom. The number of carbonyl (C=O) groups excluding carboxylic acids is 1. The van der Waals surface area contributed by atoms with E-state index in [4.69, 9.17) is 0 Å². The van der Waals surface area contributed by atoms with Crippen LogP contribution in [0.25, 0.3) is 11.1 Å². The number of aryl methyl sites for hydroxylation is 2. The molecule has 0 aliphatic carbocycles. The molecule has 3 aromatic carbocycles. The second kappa shape index (κ2) is 10.3. The summed E-state index contributed by atoms with van der Waals surface area (Å²) >= 11 is 1.42. The number of halogens is 1. The molecule has 4 rings (SSSR count). The first-order chi connectivity index (χ1) is 16.5. The molecule has 0 saturated heterocycles. The van der Waals surface area contributed by atoms with Crippen LogP contribution < -0.4 is 5.32 Å². The van der Waals surface area contributed by atoms with Gasteiger partial charge in [-0.2, -0.15) is 5.26 Å². The lowest BCUT2D eigenvalue weighted by atomic mass is 9.94. The van der Waals surface area contributed by atoms with Crippen molar-refractivity contribution in [3.05, 3.63) is 113 Å². The molecule has 1 aromatic heterocycles. The van der Waals surface area contributed by atoms with Gasteiger partial charge in [-0.3, -0.25) is 4.79 Å². The Balaban J connectivity index is 1.84. The molecule has 4 aromatic rings. The minimum absolute atomic E-state index is 0.257. The van der Waals surface area contributed by atoms with Crippen molar-refractivity contribution in [2.24, 2.45) is 0 Å². The number of anilines is 1. The van der Waals surface area contributed by atoms with Crippen LogP contribution in [0.1, 0.15) is 32.7 Å². The van der Waals surface area contributed by atoms with E-state index in [0.717, 1.165) is 11.1 Å². The zero-order chi connectivity index (χ0) is 24.1. The third-order valence-corrected chi connectivity index (χ3v) is 6.46. The average molecular weight is 468 g/mol. The number of para-hydroxylation sites is 1. The van der Waals surface area contributed by atoms with Crippen LogP contribution in [0.2, 0.25) is 0 Å². The number of hydrogen-bond acceptors (Lipinski definition) is 4. The second-order valence-corrected chi connectivity index (χ2v) is 8.76. The molecule has 0 fully saturated rings. The Labute approximate surface area is 202 Å². The van der Waals surface area contributed by atoms with Crippen molar-refractivity contribution in [2.75, 3.05) is 5.32 Å². The Kier molecular flexibility index (Phi) is 7.05. The van der Waals surface area contributed by atoms with Gasteiger partial charge in [0.05, 0.1) is 16.8 Å². The third-order valence-electron chi connectivity index (χ3n) is 5.41. The Hall–Kier alpha value is -3.95. The van der Waals surface area contributed by atoms with Crippen LogP contribution in [0.15, 0.2) is 83.9 Å². The predicted molar refractivity (Wildman–Crippen MR) is 134 cm³/mol. The van der Waals surface area contributed by atoms with E-state index in [1.807, 2.05) is 61.5 Å². The van der Waals surface area contributed by atoms with E-state index < -0.39 is 11.7 Å². The standard InChI is InChI=1S/C28H22FN3OS/c1-18-9-6-7-14-24(18)32-27(33)25-19(2)31-28(34-17-20-10-4-3-5-11-20)23(16-30)26(25)21-12-8-13-22(29)15-21/h3-15H,17H2,1-2H3,(H,32,33). The van der Waals surface area contributed by atoms with E-state index >= 15 is 0 Å². The zero-order valence-electron chi connectivity index (χ0n) is 18.8. The highest BCUT2D eigenvalue weighted by atomic mass is 32.2. The van der Waals surface area contributed by atoms with Gasteiger partial charge in [0, 0.05) is 17.0 Å². The van der Waals surface area contributed by atoms with Crippen molar-refractivity contribution in [2.45, 2.75) is 24.6 Å². The summed E-state index contributed by atoms with van der Waals surface area (Å²) in [5.41, 5.74) is 4.49. The van der Waals surface area contributed by atoms with E-state index in [0.29, 0.717) is 33.3 Å². The summed E-state index contributed by atoms with van der Waals surface area (Å²) in [4.78, 5) is 18.1. The van der Waals surface area contributed by atoms with Gasteiger partial charge in [0.2, 0.25) is 0 Å². The summed E-state index contributed by atoms with van der Waals surface area (Å²) < 4.78 is 14.2. The first kappa shape index (κ1) is 23.2. The first-order valence-electron chi connectivity index (χ1n) is 10.7. The number of benzene rings is 3. The molecule has 0 unspecified atom stereocenters. The maximum absolute atomic E-state index is 14.2. The van der Waals surface area contributed by atoms with Crippen LogP contribution in [0.5, 0.6) is 0 Å². The van der Waals surface area contributed by atoms with Crippen LogP contribution >= 0.6 is 11.8 Å². The van der Waals surface area contributed by atoms with E-state index in [2.05, 4.69) is 16.4 Å². The molecule has 1 N–H and O–H groups in total. The minimum atomic E-state index is -0.445. The molecule has 0 spiro atoms. The molecule has 0 bridgehead atoms. The maximum atomic E-state index is 14.2. The first-order valence-corrected chi connectivity index (χ1v) is 11.7. The summed E-state index contributed by atoms with van der Waals surface area (Å²) in [6.45, 7) is 3.64. The van der Waals surface area contributed by atoms with Gasteiger partial charge in [-0.15, -0.1) is 11.8 Å². The molecule has 1 amide bonds. The SMILES string of the molecule is Cc1ccccc1NC(=O)c1c(C)nc(SCc2ccccc2)c(C#N)c1-c1cccc(F)c1. The predicted octanol–water partition coefficient (Wildman–Crippen LogP) is 6.92. The van der Waals surface area contributed by atoms with Crippen LogP contribution in [-0.2, 0) is 5.75 Å². The lowest BCUT2D eigenvalue weighted by Crippen LogP contribution is -2.18. The van der Waals surface area contributed by atoms with Gasteiger partial charge in [0.25, 0.3) is 5.91 Å². The summed E-state index contributed by atoms with van der Waals surface area (Å²) in [6.07, 6.45) is 0. The molecule has 0 saturated carbocycles. The van der Waals surface area contributed by atoms with Crippen molar-refractivity contribution in [3.63, 3.8) is 0 Å². The lowest BCUT2D eigenvalue weighted by Gasteiger charge is -2.18.